The normalized spacial score (nSPS) is 17.1. The molecule has 12 heavy (non-hydrogen) atoms. The van der Waals surface area contributed by atoms with Crippen LogP contribution >= 0.6 is 0 Å². The van der Waals surface area contributed by atoms with E-state index in [9.17, 15) is 4.79 Å². The summed E-state index contributed by atoms with van der Waals surface area (Å²) in [6, 6.07) is 0. The van der Waals surface area contributed by atoms with Crippen molar-refractivity contribution in [1.29, 1.82) is 0 Å². The van der Waals surface area contributed by atoms with Gasteiger partial charge in [-0.3, -0.25) is 4.79 Å². The first-order valence-electron chi connectivity index (χ1n) is 4.23. The van der Waals surface area contributed by atoms with Crippen LogP contribution in [0.15, 0.2) is 0 Å². The van der Waals surface area contributed by atoms with Crippen LogP contribution in [-0.4, -0.2) is 16.6 Å². The minimum absolute atomic E-state index is 0.414. The van der Waals surface area contributed by atoms with E-state index in [4.69, 9.17) is 10.8 Å². The Labute approximate surface area is 74.0 Å². The van der Waals surface area contributed by atoms with Gasteiger partial charge in [-0.25, -0.2) is 0 Å². The van der Waals surface area contributed by atoms with Gasteiger partial charge >= 0.3 is 5.97 Å². The first kappa shape index (κ1) is 11.4. The van der Waals surface area contributed by atoms with Crippen molar-refractivity contribution in [3.05, 3.63) is 0 Å². The monoisotopic (exact) mass is 173 g/mol. The molecule has 0 aliphatic heterocycles. The van der Waals surface area contributed by atoms with Crippen LogP contribution < -0.4 is 5.73 Å². The highest BCUT2D eigenvalue weighted by molar-refractivity contribution is 5.74. The van der Waals surface area contributed by atoms with Crippen LogP contribution in [-0.2, 0) is 4.79 Å². The van der Waals surface area contributed by atoms with Crippen molar-refractivity contribution in [1.82, 2.24) is 0 Å². The third kappa shape index (κ3) is 3.22. The number of carboxylic acid groups (broad SMARTS) is 1. The second kappa shape index (κ2) is 3.44. The van der Waals surface area contributed by atoms with Gasteiger partial charge in [0.25, 0.3) is 0 Å². The third-order valence-corrected chi connectivity index (χ3v) is 2.14. The molecule has 0 bridgehead atoms. The maximum absolute atomic E-state index is 10.9. The van der Waals surface area contributed by atoms with E-state index in [2.05, 4.69) is 0 Å². The molecule has 0 spiro atoms. The van der Waals surface area contributed by atoms with E-state index in [-0.39, 0.29) is 0 Å². The minimum atomic E-state index is -0.761. The summed E-state index contributed by atoms with van der Waals surface area (Å²) >= 11 is 0. The van der Waals surface area contributed by atoms with Crippen molar-refractivity contribution in [3.63, 3.8) is 0 Å². The molecule has 0 radical (unpaired) electrons. The van der Waals surface area contributed by atoms with Gasteiger partial charge in [0.05, 0.1) is 5.41 Å². The van der Waals surface area contributed by atoms with Crippen LogP contribution in [0.3, 0.4) is 0 Å². The van der Waals surface area contributed by atoms with Gasteiger partial charge in [0.1, 0.15) is 0 Å². The van der Waals surface area contributed by atoms with Crippen LogP contribution in [0.25, 0.3) is 0 Å². The molecule has 72 valence electrons. The number of aliphatic carboxylic acids is 1. The zero-order valence-electron chi connectivity index (χ0n) is 8.35. The molecule has 0 unspecified atom stereocenters. The molecular formula is C9H19NO2. The quantitative estimate of drug-likeness (QED) is 0.679. The van der Waals surface area contributed by atoms with Gasteiger partial charge in [0.15, 0.2) is 0 Å². The summed E-state index contributed by atoms with van der Waals surface area (Å²) in [4.78, 5) is 10.9. The average molecular weight is 173 g/mol. The zero-order valence-corrected chi connectivity index (χ0v) is 8.35. The first-order chi connectivity index (χ1) is 5.21. The van der Waals surface area contributed by atoms with Gasteiger partial charge in [-0.1, -0.05) is 6.92 Å². The number of carbonyl (C=O) groups is 1. The van der Waals surface area contributed by atoms with Crippen molar-refractivity contribution < 1.29 is 9.90 Å². The van der Waals surface area contributed by atoms with E-state index in [1.165, 1.54) is 0 Å². The lowest BCUT2D eigenvalue weighted by Gasteiger charge is -2.30. The molecule has 3 N–H and O–H groups in total. The molecule has 0 aromatic carbocycles. The van der Waals surface area contributed by atoms with Crippen LogP contribution in [0.2, 0.25) is 0 Å². The maximum Gasteiger partial charge on any atom is 0.309 e. The molecule has 0 fully saturated rings. The molecule has 0 amide bonds. The number of hydrogen-bond acceptors (Lipinski definition) is 2. The molecular weight excluding hydrogens is 154 g/mol. The van der Waals surface area contributed by atoms with Crippen molar-refractivity contribution in [3.8, 4) is 0 Å². The molecule has 1 atom stereocenters. The van der Waals surface area contributed by atoms with E-state index in [1.807, 2.05) is 20.8 Å². The highest BCUT2D eigenvalue weighted by atomic mass is 16.4. The number of rotatable bonds is 4. The Morgan fingerprint density at radius 2 is 1.83 bits per heavy atom. The van der Waals surface area contributed by atoms with E-state index >= 15 is 0 Å². The Hall–Kier alpha value is -0.570. The lowest BCUT2D eigenvalue weighted by atomic mass is 9.77. The Bertz CT molecular complexity index is 172. The Morgan fingerprint density at radius 1 is 1.42 bits per heavy atom. The van der Waals surface area contributed by atoms with E-state index in [0.717, 1.165) is 0 Å². The van der Waals surface area contributed by atoms with E-state index in [0.29, 0.717) is 12.8 Å². The number of nitrogens with two attached hydrogens (primary N) is 1. The summed E-state index contributed by atoms with van der Waals surface area (Å²) in [5.41, 5.74) is 4.68. The van der Waals surface area contributed by atoms with Gasteiger partial charge in [0, 0.05) is 5.54 Å². The van der Waals surface area contributed by atoms with E-state index in [1.54, 1.807) is 6.92 Å². The first-order valence-corrected chi connectivity index (χ1v) is 4.23. The second-order valence-corrected chi connectivity index (χ2v) is 4.38. The largest absolute Gasteiger partial charge is 0.481 e. The molecule has 3 heteroatoms. The van der Waals surface area contributed by atoms with Crippen molar-refractivity contribution >= 4 is 5.97 Å². The Morgan fingerprint density at radius 3 is 1.92 bits per heavy atom. The van der Waals surface area contributed by atoms with Crippen molar-refractivity contribution in [2.75, 3.05) is 0 Å². The summed E-state index contributed by atoms with van der Waals surface area (Å²) in [5, 5.41) is 8.94. The van der Waals surface area contributed by atoms with Gasteiger partial charge in [-0.05, 0) is 33.6 Å². The molecule has 0 aliphatic rings. The SMILES string of the molecule is CC[C@](C)(CC(C)(C)N)C(=O)O. The predicted molar refractivity (Wildman–Crippen MR) is 48.9 cm³/mol. The number of carboxylic acids is 1. The highest BCUT2D eigenvalue weighted by Gasteiger charge is 2.35. The fourth-order valence-corrected chi connectivity index (χ4v) is 1.36. The molecule has 0 aromatic rings. The summed E-state index contributed by atoms with van der Waals surface area (Å²) in [5.74, 6) is -0.761. The van der Waals surface area contributed by atoms with Gasteiger partial charge in [-0.2, -0.15) is 0 Å². The molecule has 0 saturated carbocycles. The fourth-order valence-electron chi connectivity index (χ4n) is 1.36. The molecule has 0 aromatic heterocycles. The minimum Gasteiger partial charge on any atom is -0.481 e. The predicted octanol–water partition coefficient (Wildman–Crippen LogP) is 1.61. The second-order valence-electron chi connectivity index (χ2n) is 4.38. The van der Waals surface area contributed by atoms with Crippen LogP contribution in [0.5, 0.6) is 0 Å². The van der Waals surface area contributed by atoms with Gasteiger partial charge in [-0.15, -0.1) is 0 Å². The van der Waals surface area contributed by atoms with Gasteiger partial charge < -0.3 is 10.8 Å². The Balaban J connectivity index is 4.46. The lowest BCUT2D eigenvalue weighted by Crippen LogP contribution is -2.41. The summed E-state index contributed by atoms with van der Waals surface area (Å²) in [6.45, 7) is 7.32. The summed E-state index contributed by atoms with van der Waals surface area (Å²) < 4.78 is 0. The molecule has 0 aliphatic carbocycles. The van der Waals surface area contributed by atoms with Crippen molar-refractivity contribution in [2.24, 2.45) is 11.1 Å². The molecule has 3 nitrogen and oxygen atoms in total. The average Bonchev–Trinajstić information content (AvgIpc) is 1.83. The molecule has 0 saturated heterocycles. The van der Waals surface area contributed by atoms with Crippen LogP contribution in [0.4, 0.5) is 0 Å². The zero-order chi connectivity index (χ0) is 9.99. The molecule has 0 heterocycles. The number of hydrogen-bond donors (Lipinski definition) is 2. The molecule has 0 rings (SSSR count). The van der Waals surface area contributed by atoms with Crippen LogP contribution in [0.1, 0.15) is 40.5 Å². The van der Waals surface area contributed by atoms with Crippen molar-refractivity contribution in [2.45, 2.75) is 46.1 Å². The smallest absolute Gasteiger partial charge is 0.309 e. The standard InChI is InChI=1S/C9H19NO2/c1-5-9(4,7(11)12)6-8(2,3)10/h5-6,10H2,1-4H3,(H,11,12)/t9-/m1/s1. The summed E-state index contributed by atoms with van der Waals surface area (Å²) in [6.07, 6.45) is 1.12. The lowest BCUT2D eigenvalue weighted by molar-refractivity contribution is -0.149. The maximum atomic E-state index is 10.9. The van der Waals surface area contributed by atoms with Gasteiger partial charge in [0.2, 0.25) is 0 Å². The Kier molecular flexibility index (Phi) is 3.27. The van der Waals surface area contributed by atoms with E-state index < -0.39 is 16.9 Å². The fraction of sp³-hybridized carbons (Fsp3) is 0.889. The highest BCUT2D eigenvalue weighted by Crippen LogP contribution is 2.30. The van der Waals surface area contributed by atoms with Crippen LogP contribution in [0, 0.1) is 5.41 Å². The summed E-state index contributed by atoms with van der Waals surface area (Å²) in [7, 11) is 0. The topological polar surface area (TPSA) is 63.3 Å². The third-order valence-electron chi connectivity index (χ3n) is 2.14.